The van der Waals surface area contributed by atoms with Crippen molar-refractivity contribution in [2.75, 3.05) is 0 Å². The molecule has 2 aromatic carbocycles. The average Bonchev–Trinajstić information content (AvgIpc) is 3.06. The van der Waals surface area contributed by atoms with Crippen molar-refractivity contribution in [3.63, 3.8) is 0 Å². The highest BCUT2D eigenvalue weighted by atomic mass is 79.9. The molecule has 3 N–H and O–H groups in total. The summed E-state index contributed by atoms with van der Waals surface area (Å²) in [6.07, 6.45) is 0. The van der Waals surface area contributed by atoms with Crippen molar-refractivity contribution in [1.29, 1.82) is 0 Å². The van der Waals surface area contributed by atoms with Gasteiger partial charge in [0.25, 0.3) is 11.1 Å². The van der Waals surface area contributed by atoms with E-state index in [0.717, 1.165) is 0 Å². The fourth-order valence-electron chi connectivity index (χ4n) is 2.97. The molecule has 28 heavy (non-hydrogen) atoms. The van der Waals surface area contributed by atoms with Crippen LogP contribution in [0.2, 0.25) is 0 Å². The molecule has 0 saturated carbocycles. The molecule has 0 bridgehead atoms. The lowest BCUT2D eigenvalue weighted by Crippen LogP contribution is -2.19. The van der Waals surface area contributed by atoms with E-state index < -0.39 is 11.1 Å². The fourth-order valence-corrected chi connectivity index (χ4v) is 3.33. The van der Waals surface area contributed by atoms with E-state index in [1.165, 1.54) is 4.57 Å². The molecule has 0 unspecified atom stereocenters. The molecule has 0 aliphatic carbocycles. The van der Waals surface area contributed by atoms with Crippen LogP contribution in [0.25, 0.3) is 22.2 Å². The summed E-state index contributed by atoms with van der Waals surface area (Å²) in [5.74, 6) is -0.230. The van der Waals surface area contributed by atoms with Crippen molar-refractivity contribution in [3.8, 4) is 17.0 Å². The van der Waals surface area contributed by atoms with Crippen LogP contribution in [0.3, 0.4) is 0 Å². The summed E-state index contributed by atoms with van der Waals surface area (Å²) in [6, 6.07) is 14.1. The van der Waals surface area contributed by atoms with Gasteiger partial charge in [0.15, 0.2) is 5.69 Å². The number of fused-ring (bicyclic) bond motifs is 1. The van der Waals surface area contributed by atoms with Gasteiger partial charge >= 0.3 is 0 Å². The summed E-state index contributed by atoms with van der Waals surface area (Å²) in [5, 5.41) is 24.4. The third-order valence-electron chi connectivity index (χ3n) is 4.39. The van der Waals surface area contributed by atoms with Crippen LogP contribution in [-0.4, -0.2) is 19.9 Å². The van der Waals surface area contributed by atoms with Crippen molar-refractivity contribution >= 4 is 38.2 Å². The number of azo groups is 1. The number of hydrogen-bond donors (Lipinski definition) is 3. The summed E-state index contributed by atoms with van der Waals surface area (Å²) < 4.78 is 2.11. The van der Waals surface area contributed by atoms with Crippen LogP contribution in [0.5, 0.6) is 5.75 Å². The second-order valence-electron chi connectivity index (χ2n) is 6.06. The van der Waals surface area contributed by atoms with Crippen molar-refractivity contribution in [3.05, 3.63) is 73.7 Å². The second kappa shape index (κ2) is 6.93. The number of benzene rings is 2. The summed E-state index contributed by atoms with van der Waals surface area (Å²) in [6.45, 7) is 0. The maximum Gasteiger partial charge on any atom is 0.292 e. The van der Waals surface area contributed by atoms with Crippen LogP contribution < -0.4 is 11.1 Å². The monoisotopic (exact) mass is 439 g/mol. The molecule has 9 heteroatoms. The van der Waals surface area contributed by atoms with Crippen LogP contribution in [0.4, 0.5) is 11.4 Å². The molecule has 0 aliphatic rings. The van der Waals surface area contributed by atoms with Crippen molar-refractivity contribution in [2.45, 2.75) is 0 Å². The summed E-state index contributed by atoms with van der Waals surface area (Å²) in [7, 11) is 1.60. The van der Waals surface area contributed by atoms with E-state index in [1.54, 1.807) is 49.5 Å². The summed E-state index contributed by atoms with van der Waals surface area (Å²) in [4.78, 5) is 25.1. The van der Waals surface area contributed by atoms with E-state index in [1.807, 2.05) is 6.07 Å². The zero-order valence-electron chi connectivity index (χ0n) is 14.6. The van der Waals surface area contributed by atoms with Gasteiger partial charge in [0.1, 0.15) is 17.0 Å². The van der Waals surface area contributed by atoms with E-state index in [9.17, 15) is 14.7 Å². The molecule has 0 spiro atoms. The van der Waals surface area contributed by atoms with E-state index in [-0.39, 0.29) is 22.7 Å². The van der Waals surface area contributed by atoms with Crippen LogP contribution in [-0.2, 0) is 7.05 Å². The number of aromatic amines is 2. The zero-order chi connectivity index (χ0) is 19.8. The standard InChI is InChI=1S/C19H14BrN5O3/c1-25-13-9-5-2-6-10(13)17(26)14(19(25)28)15-16(18(27)24-22-15)23-21-12-8-4-3-7-11(12)20/h2-9,26H,1H3,(H2,22,24,27). The maximum absolute atomic E-state index is 12.9. The van der Waals surface area contributed by atoms with Crippen molar-refractivity contribution in [2.24, 2.45) is 17.3 Å². The first-order chi connectivity index (χ1) is 13.5. The Bertz CT molecular complexity index is 1350. The molecule has 0 radical (unpaired) electrons. The summed E-state index contributed by atoms with van der Waals surface area (Å²) >= 11 is 3.36. The number of H-pyrrole nitrogens is 2. The lowest BCUT2D eigenvalue weighted by atomic mass is 10.1. The van der Waals surface area contributed by atoms with Crippen LogP contribution >= 0.6 is 15.9 Å². The van der Waals surface area contributed by atoms with E-state index in [0.29, 0.717) is 21.1 Å². The van der Waals surface area contributed by atoms with E-state index in [2.05, 4.69) is 36.4 Å². The quantitative estimate of drug-likeness (QED) is 0.417. The Labute approximate surface area is 166 Å². The molecule has 0 aliphatic heterocycles. The molecule has 0 amide bonds. The van der Waals surface area contributed by atoms with Crippen LogP contribution in [0.1, 0.15) is 0 Å². The number of halogens is 1. The fraction of sp³-hybridized carbons (Fsp3) is 0.0526. The van der Waals surface area contributed by atoms with Gasteiger partial charge in [-0.3, -0.25) is 19.8 Å². The van der Waals surface area contributed by atoms with Gasteiger partial charge in [-0.05, 0) is 40.2 Å². The first-order valence-electron chi connectivity index (χ1n) is 8.27. The lowest BCUT2D eigenvalue weighted by molar-refractivity contribution is 0.481. The third kappa shape index (κ3) is 2.85. The van der Waals surface area contributed by atoms with Gasteiger partial charge in [-0.25, -0.2) is 0 Å². The van der Waals surface area contributed by atoms with E-state index >= 15 is 0 Å². The third-order valence-corrected chi connectivity index (χ3v) is 5.06. The van der Waals surface area contributed by atoms with Gasteiger partial charge in [0.2, 0.25) is 0 Å². The molecule has 140 valence electrons. The number of aryl methyl sites for hydroxylation is 1. The normalized spacial score (nSPS) is 11.5. The molecule has 4 rings (SSSR count). The molecule has 2 heterocycles. The molecular weight excluding hydrogens is 426 g/mol. The lowest BCUT2D eigenvalue weighted by Gasteiger charge is -2.10. The number of nitrogens with one attached hydrogen (secondary N) is 2. The number of para-hydroxylation sites is 1. The second-order valence-corrected chi connectivity index (χ2v) is 6.91. The number of aromatic nitrogens is 3. The highest BCUT2D eigenvalue weighted by molar-refractivity contribution is 9.10. The molecule has 0 atom stereocenters. The van der Waals surface area contributed by atoms with Crippen molar-refractivity contribution in [1.82, 2.24) is 14.8 Å². The molecule has 8 nitrogen and oxygen atoms in total. The Hall–Kier alpha value is -3.46. The molecule has 4 aromatic rings. The minimum Gasteiger partial charge on any atom is -0.506 e. The van der Waals surface area contributed by atoms with Gasteiger partial charge in [0, 0.05) is 16.9 Å². The zero-order valence-corrected chi connectivity index (χ0v) is 16.2. The topological polar surface area (TPSA) is 116 Å². The predicted molar refractivity (Wildman–Crippen MR) is 110 cm³/mol. The van der Waals surface area contributed by atoms with Gasteiger partial charge in [-0.2, -0.15) is 0 Å². The van der Waals surface area contributed by atoms with Crippen molar-refractivity contribution < 1.29 is 5.11 Å². The van der Waals surface area contributed by atoms with E-state index in [4.69, 9.17) is 0 Å². The summed E-state index contributed by atoms with van der Waals surface area (Å²) in [5.41, 5.74) is -0.0133. The van der Waals surface area contributed by atoms with Crippen LogP contribution in [0.15, 0.2) is 72.8 Å². The Morgan fingerprint density at radius 2 is 1.71 bits per heavy atom. The number of pyridine rings is 1. The smallest absolute Gasteiger partial charge is 0.292 e. The van der Waals surface area contributed by atoms with Gasteiger partial charge in [-0.1, -0.05) is 24.3 Å². The van der Waals surface area contributed by atoms with Gasteiger partial charge < -0.3 is 9.67 Å². The van der Waals surface area contributed by atoms with Gasteiger partial charge in [0.05, 0.1) is 11.2 Å². The number of aromatic hydroxyl groups is 1. The highest BCUT2D eigenvalue weighted by Gasteiger charge is 2.22. The van der Waals surface area contributed by atoms with Gasteiger partial charge in [-0.15, -0.1) is 10.2 Å². The number of nitrogens with zero attached hydrogens (tertiary/aromatic N) is 3. The highest BCUT2D eigenvalue weighted by Crippen LogP contribution is 2.35. The number of hydrogen-bond acceptors (Lipinski definition) is 5. The Balaban J connectivity index is 1.95. The molecular formula is C19H14BrN5O3. The number of rotatable bonds is 3. The molecule has 0 saturated heterocycles. The Morgan fingerprint density at radius 1 is 1.00 bits per heavy atom. The SMILES string of the molecule is Cn1c(=O)c(-c2[nH][nH]c(=O)c2N=Nc2ccccc2Br)c(O)c2ccccc21. The first-order valence-corrected chi connectivity index (χ1v) is 9.06. The Kier molecular flexibility index (Phi) is 4.44. The molecule has 0 fully saturated rings. The predicted octanol–water partition coefficient (Wildman–Crippen LogP) is 4.11. The Morgan fingerprint density at radius 3 is 2.50 bits per heavy atom. The minimum absolute atomic E-state index is 0.0550. The van der Waals surface area contributed by atoms with Crippen LogP contribution in [0, 0.1) is 0 Å². The molecule has 2 aromatic heterocycles. The average molecular weight is 440 g/mol. The maximum atomic E-state index is 12.9. The minimum atomic E-state index is -0.555. The first kappa shape index (κ1) is 17.9. The largest absolute Gasteiger partial charge is 0.506 e.